The van der Waals surface area contributed by atoms with Gasteiger partial charge in [-0.2, -0.15) is 10.2 Å². The molecule has 1 aromatic carbocycles. The van der Waals surface area contributed by atoms with Crippen LogP contribution in [-0.4, -0.2) is 31.2 Å². The second-order valence-electron chi connectivity index (χ2n) is 7.35. The molecular weight excluding hydrogens is 503 g/mol. The summed E-state index contributed by atoms with van der Waals surface area (Å²) < 4.78 is 18.9. The van der Waals surface area contributed by atoms with Gasteiger partial charge < -0.3 is 10.6 Å². The molecule has 6 nitrogen and oxygen atoms in total. The van der Waals surface area contributed by atoms with Gasteiger partial charge in [-0.1, -0.05) is 17.7 Å². The van der Waals surface area contributed by atoms with E-state index in [-0.39, 0.29) is 12.4 Å². The Hall–Kier alpha value is -1.97. The number of aryl methyl sites for hydroxylation is 3. The summed E-state index contributed by atoms with van der Waals surface area (Å²) in [5.74, 6) is -0.346. The lowest BCUT2D eigenvalue weighted by molar-refractivity contribution is 0.558. The number of hydrogen-bond acceptors (Lipinski definition) is 3. The number of rotatable bonds is 7. The normalized spacial score (nSPS) is 11.1. The van der Waals surface area contributed by atoms with Crippen molar-refractivity contribution in [3.63, 3.8) is 0 Å². The maximum absolute atomic E-state index is 14.1. The van der Waals surface area contributed by atoms with E-state index in [4.69, 9.17) is 23.8 Å². The maximum atomic E-state index is 14.1. The van der Waals surface area contributed by atoms with Gasteiger partial charge >= 0.3 is 0 Å². The van der Waals surface area contributed by atoms with E-state index in [0.717, 1.165) is 45.9 Å². The summed E-state index contributed by atoms with van der Waals surface area (Å²) in [5.41, 5.74) is 4.97. The van der Waals surface area contributed by atoms with Gasteiger partial charge in [-0.15, -0.1) is 0 Å². The molecule has 0 unspecified atom stereocenters. The Kier molecular flexibility index (Phi) is 7.72. The molecule has 2 aromatic heterocycles. The minimum absolute atomic E-state index is 0.248. The molecule has 0 fully saturated rings. The Balaban J connectivity index is 1.57. The van der Waals surface area contributed by atoms with Crippen molar-refractivity contribution in [3.8, 4) is 0 Å². The Morgan fingerprint density at radius 1 is 1.13 bits per heavy atom. The Labute approximate surface area is 200 Å². The van der Waals surface area contributed by atoms with Crippen LogP contribution in [0.4, 0.5) is 10.1 Å². The Bertz CT molecular complexity index is 1090. The predicted octanol–water partition coefficient (Wildman–Crippen LogP) is 5.29. The van der Waals surface area contributed by atoms with Gasteiger partial charge in [0.25, 0.3) is 0 Å². The molecule has 0 saturated heterocycles. The average molecular weight is 528 g/mol. The second-order valence-corrected chi connectivity index (χ2v) is 8.95. The van der Waals surface area contributed by atoms with E-state index in [2.05, 4.69) is 36.8 Å². The lowest BCUT2D eigenvalue weighted by Crippen LogP contribution is -2.30. The summed E-state index contributed by atoms with van der Waals surface area (Å²) in [4.78, 5) is 0. The Morgan fingerprint density at radius 3 is 2.48 bits per heavy atom. The summed E-state index contributed by atoms with van der Waals surface area (Å²) in [5, 5.41) is 16.4. The fourth-order valence-corrected chi connectivity index (χ4v) is 4.06. The molecule has 2 heterocycles. The third-order valence-corrected chi connectivity index (χ3v) is 6.86. The van der Waals surface area contributed by atoms with Gasteiger partial charge in [0, 0.05) is 29.4 Å². The van der Waals surface area contributed by atoms with E-state index in [0.29, 0.717) is 22.2 Å². The van der Waals surface area contributed by atoms with E-state index >= 15 is 0 Å². The smallest absolute Gasteiger partial charge is 0.170 e. The number of thiocarbonyl (C=S) groups is 1. The molecular formula is C21H25BrClFN6S. The summed E-state index contributed by atoms with van der Waals surface area (Å²) in [7, 11) is 0. The van der Waals surface area contributed by atoms with Crippen LogP contribution in [0, 0.1) is 33.5 Å². The van der Waals surface area contributed by atoms with E-state index in [9.17, 15) is 4.39 Å². The predicted molar refractivity (Wildman–Crippen MR) is 130 cm³/mol. The first-order chi connectivity index (χ1) is 14.7. The van der Waals surface area contributed by atoms with Crippen molar-refractivity contribution < 1.29 is 4.39 Å². The molecule has 10 heteroatoms. The summed E-state index contributed by atoms with van der Waals surface area (Å²) in [6, 6.07) is 4.66. The quantitative estimate of drug-likeness (QED) is 0.323. The molecule has 3 rings (SSSR count). The van der Waals surface area contributed by atoms with Crippen LogP contribution in [0.25, 0.3) is 0 Å². The molecule has 0 aliphatic rings. The molecule has 3 aromatic rings. The molecule has 0 saturated carbocycles. The number of anilines is 1. The summed E-state index contributed by atoms with van der Waals surface area (Å²) >= 11 is 15.2. The lowest BCUT2D eigenvalue weighted by Gasteiger charge is -2.12. The molecule has 0 aliphatic carbocycles. The average Bonchev–Trinajstić information content (AvgIpc) is 3.12. The van der Waals surface area contributed by atoms with Gasteiger partial charge in [-0.05, 0) is 74.4 Å². The van der Waals surface area contributed by atoms with Crippen molar-refractivity contribution in [3.05, 3.63) is 61.9 Å². The largest absolute Gasteiger partial charge is 0.362 e. The number of hydrogen-bond donors (Lipinski definition) is 2. The topological polar surface area (TPSA) is 59.7 Å². The van der Waals surface area contributed by atoms with Gasteiger partial charge in [-0.3, -0.25) is 9.36 Å². The van der Waals surface area contributed by atoms with Crippen LogP contribution >= 0.6 is 39.7 Å². The highest BCUT2D eigenvalue weighted by atomic mass is 79.9. The van der Waals surface area contributed by atoms with Crippen LogP contribution in [0.2, 0.25) is 5.02 Å². The van der Waals surface area contributed by atoms with Crippen LogP contribution in [0.1, 0.15) is 34.8 Å². The van der Waals surface area contributed by atoms with E-state index in [1.807, 2.05) is 32.4 Å². The van der Waals surface area contributed by atoms with Crippen molar-refractivity contribution >= 4 is 50.5 Å². The zero-order valence-electron chi connectivity index (χ0n) is 17.9. The highest BCUT2D eigenvalue weighted by Crippen LogP contribution is 2.24. The van der Waals surface area contributed by atoms with E-state index in [1.165, 1.54) is 6.07 Å². The highest BCUT2D eigenvalue weighted by Gasteiger charge is 2.16. The second kappa shape index (κ2) is 10.1. The summed E-state index contributed by atoms with van der Waals surface area (Å²) in [6.07, 6.45) is 0.874. The molecule has 0 aliphatic heterocycles. The fraction of sp³-hybridized carbons (Fsp3) is 0.381. The molecule has 0 bridgehead atoms. The number of aromatic nitrogens is 4. The van der Waals surface area contributed by atoms with Crippen LogP contribution in [0.3, 0.4) is 0 Å². The summed E-state index contributed by atoms with van der Waals surface area (Å²) in [6.45, 7) is 9.58. The SMILES string of the molecule is Cc1nn(CCCNC(=S)Nc2c(C)nn(Cc3c(F)cccc3Cl)c2C)c(C)c1Br. The molecule has 0 amide bonds. The van der Waals surface area contributed by atoms with Crippen molar-refractivity contribution in [2.45, 2.75) is 47.2 Å². The third-order valence-electron chi connectivity index (χ3n) is 5.12. The van der Waals surface area contributed by atoms with Crippen molar-refractivity contribution in [1.29, 1.82) is 0 Å². The lowest BCUT2D eigenvalue weighted by atomic mass is 10.2. The number of halogens is 3. The number of nitrogens with one attached hydrogen (secondary N) is 2. The zero-order valence-corrected chi connectivity index (χ0v) is 21.0. The molecule has 2 N–H and O–H groups in total. The first-order valence-corrected chi connectivity index (χ1v) is 11.5. The molecule has 0 radical (unpaired) electrons. The third kappa shape index (κ3) is 5.45. The van der Waals surface area contributed by atoms with Gasteiger partial charge in [0.05, 0.1) is 33.8 Å². The van der Waals surface area contributed by atoms with E-state index < -0.39 is 0 Å². The fourth-order valence-electron chi connectivity index (χ4n) is 3.35. The first-order valence-electron chi connectivity index (χ1n) is 9.90. The Morgan fingerprint density at radius 2 is 1.84 bits per heavy atom. The zero-order chi connectivity index (χ0) is 22.7. The minimum atomic E-state index is -0.346. The minimum Gasteiger partial charge on any atom is -0.362 e. The molecule has 31 heavy (non-hydrogen) atoms. The molecule has 166 valence electrons. The number of nitrogens with zero attached hydrogens (tertiary/aromatic N) is 4. The van der Waals surface area contributed by atoms with Gasteiger partial charge in [0.2, 0.25) is 0 Å². The first kappa shape index (κ1) is 23.7. The van der Waals surface area contributed by atoms with Gasteiger partial charge in [0.15, 0.2) is 5.11 Å². The van der Waals surface area contributed by atoms with Crippen LogP contribution < -0.4 is 10.6 Å². The highest BCUT2D eigenvalue weighted by molar-refractivity contribution is 9.10. The van der Waals surface area contributed by atoms with Crippen LogP contribution in [-0.2, 0) is 13.1 Å². The maximum Gasteiger partial charge on any atom is 0.170 e. The molecule has 0 spiro atoms. The number of benzene rings is 1. The van der Waals surface area contributed by atoms with Crippen molar-refractivity contribution in [1.82, 2.24) is 24.9 Å². The van der Waals surface area contributed by atoms with Gasteiger partial charge in [-0.25, -0.2) is 4.39 Å². The van der Waals surface area contributed by atoms with E-state index in [1.54, 1.807) is 16.8 Å². The standard InChI is InChI=1S/C21H25BrClFN6S/c1-12-19(22)14(3)29(27-12)10-6-9-25-21(31)26-20-13(2)28-30(15(20)4)11-16-17(23)7-5-8-18(16)24/h5,7-8H,6,9-11H2,1-4H3,(H2,25,26,31). The monoisotopic (exact) mass is 526 g/mol. The van der Waals surface area contributed by atoms with Crippen molar-refractivity contribution in [2.24, 2.45) is 0 Å². The van der Waals surface area contributed by atoms with Crippen molar-refractivity contribution in [2.75, 3.05) is 11.9 Å². The van der Waals surface area contributed by atoms with Crippen LogP contribution in [0.5, 0.6) is 0 Å². The van der Waals surface area contributed by atoms with Gasteiger partial charge in [0.1, 0.15) is 5.82 Å². The molecule has 0 atom stereocenters. The van der Waals surface area contributed by atoms with Crippen LogP contribution in [0.15, 0.2) is 22.7 Å².